The molecule has 0 bridgehead atoms. The number of halogens is 2. The standard InChI is InChI=1S/C12H11FINO2/c13-8-1-4-12(11(14)5-8)15-6-9-2-3-10(7-16)17-9/h1-5,15-16H,6-7H2. The lowest BCUT2D eigenvalue weighted by Crippen LogP contribution is -2.00. The predicted molar refractivity (Wildman–Crippen MR) is 71.1 cm³/mol. The van der Waals surface area contributed by atoms with Gasteiger partial charge in [0.2, 0.25) is 0 Å². The van der Waals surface area contributed by atoms with Crippen LogP contribution in [0.5, 0.6) is 0 Å². The van der Waals surface area contributed by atoms with Crippen molar-refractivity contribution in [2.24, 2.45) is 0 Å². The molecule has 0 aliphatic heterocycles. The first kappa shape index (κ1) is 12.4. The smallest absolute Gasteiger partial charge is 0.129 e. The van der Waals surface area contributed by atoms with Crippen molar-refractivity contribution in [2.45, 2.75) is 13.2 Å². The van der Waals surface area contributed by atoms with Crippen LogP contribution in [0.1, 0.15) is 11.5 Å². The first-order chi connectivity index (χ1) is 8.19. The largest absolute Gasteiger partial charge is 0.462 e. The average Bonchev–Trinajstić information content (AvgIpc) is 2.76. The number of anilines is 1. The summed E-state index contributed by atoms with van der Waals surface area (Å²) in [5.41, 5.74) is 0.856. The number of nitrogens with one attached hydrogen (secondary N) is 1. The van der Waals surface area contributed by atoms with Gasteiger partial charge in [-0.05, 0) is 52.9 Å². The van der Waals surface area contributed by atoms with E-state index >= 15 is 0 Å². The fraction of sp³-hybridized carbons (Fsp3) is 0.167. The molecule has 90 valence electrons. The summed E-state index contributed by atoms with van der Waals surface area (Å²) in [7, 11) is 0. The van der Waals surface area contributed by atoms with Crippen LogP contribution in [0.2, 0.25) is 0 Å². The maximum Gasteiger partial charge on any atom is 0.129 e. The fourth-order valence-corrected chi connectivity index (χ4v) is 2.09. The van der Waals surface area contributed by atoms with Crippen LogP contribution in [0.25, 0.3) is 0 Å². The van der Waals surface area contributed by atoms with Crippen molar-refractivity contribution in [3.63, 3.8) is 0 Å². The Morgan fingerprint density at radius 1 is 1.24 bits per heavy atom. The van der Waals surface area contributed by atoms with Crippen molar-refractivity contribution < 1.29 is 13.9 Å². The minimum absolute atomic E-state index is 0.103. The van der Waals surface area contributed by atoms with E-state index in [0.717, 1.165) is 15.0 Å². The van der Waals surface area contributed by atoms with Gasteiger partial charge in [0.1, 0.15) is 23.9 Å². The number of hydrogen-bond acceptors (Lipinski definition) is 3. The Labute approximate surface area is 112 Å². The molecule has 2 N–H and O–H groups in total. The summed E-state index contributed by atoms with van der Waals surface area (Å²) in [5, 5.41) is 12.0. The molecule has 0 saturated heterocycles. The summed E-state index contributed by atoms with van der Waals surface area (Å²) in [4.78, 5) is 0. The number of aliphatic hydroxyl groups is 1. The van der Waals surface area contributed by atoms with Gasteiger partial charge in [-0.3, -0.25) is 0 Å². The lowest BCUT2D eigenvalue weighted by Gasteiger charge is -2.06. The van der Waals surface area contributed by atoms with Gasteiger partial charge in [0.05, 0.1) is 6.54 Å². The maximum atomic E-state index is 12.9. The lowest BCUT2D eigenvalue weighted by molar-refractivity contribution is 0.244. The molecule has 2 rings (SSSR count). The zero-order valence-electron chi connectivity index (χ0n) is 8.91. The number of furan rings is 1. The fourth-order valence-electron chi connectivity index (χ4n) is 1.42. The molecular weight excluding hydrogens is 336 g/mol. The van der Waals surface area contributed by atoms with Crippen molar-refractivity contribution in [1.29, 1.82) is 0 Å². The van der Waals surface area contributed by atoms with Gasteiger partial charge in [-0.15, -0.1) is 0 Å². The van der Waals surface area contributed by atoms with Crippen molar-refractivity contribution in [3.8, 4) is 0 Å². The molecule has 3 nitrogen and oxygen atoms in total. The van der Waals surface area contributed by atoms with E-state index in [2.05, 4.69) is 27.9 Å². The van der Waals surface area contributed by atoms with Gasteiger partial charge in [0.15, 0.2) is 0 Å². The molecule has 0 fully saturated rings. The highest BCUT2D eigenvalue weighted by atomic mass is 127. The summed E-state index contributed by atoms with van der Waals surface area (Å²) in [6.07, 6.45) is 0. The van der Waals surface area contributed by atoms with E-state index in [4.69, 9.17) is 9.52 Å². The number of aliphatic hydroxyl groups excluding tert-OH is 1. The highest BCUT2D eigenvalue weighted by molar-refractivity contribution is 14.1. The van der Waals surface area contributed by atoms with Gasteiger partial charge in [0.25, 0.3) is 0 Å². The van der Waals surface area contributed by atoms with Crippen molar-refractivity contribution in [2.75, 3.05) is 5.32 Å². The number of hydrogen-bond donors (Lipinski definition) is 2. The van der Waals surface area contributed by atoms with Crippen LogP contribution >= 0.6 is 22.6 Å². The Morgan fingerprint density at radius 2 is 2.00 bits per heavy atom. The summed E-state index contributed by atoms with van der Waals surface area (Å²) in [5.74, 6) is 1.02. The monoisotopic (exact) mass is 347 g/mol. The van der Waals surface area contributed by atoms with E-state index in [9.17, 15) is 4.39 Å². The van der Waals surface area contributed by atoms with Crippen LogP contribution in [-0.2, 0) is 13.2 Å². The Hall–Kier alpha value is -1.08. The zero-order chi connectivity index (χ0) is 12.3. The minimum atomic E-state index is -0.250. The third-order valence-electron chi connectivity index (χ3n) is 2.26. The second kappa shape index (κ2) is 5.50. The normalized spacial score (nSPS) is 10.5. The molecule has 0 atom stereocenters. The Balaban J connectivity index is 2.02. The number of benzene rings is 1. The minimum Gasteiger partial charge on any atom is -0.462 e. The van der Waals surface area contributed by atoms with Gasteiger partial charge in [-0.2, -0.15) is 0 Å². The second-order valence-electron chi connectivity index (χ2n) is 3.50. The van der Waals surface area contributed by atoms with Crippen molar-refractivity contribution in [3.05, 3.63) is 51.2 Å². The first-order valence-corrected chi connectivity index (χ1v) is 6.14. The quantitative estimate of drug-likeness (QED) is 0.836. The highest BCUT2D eigenvalue weighted by Gasteiger charge is 2.03. The molecule has 0 amide bonds. The van der Waals surface area contributed by atoms with Crippen LogP contribution in [0.3, 0.4) is 0 Å². The van der Waals surface area contributed by atoms with Gasteiger partial charge < -0.3 is 14.8 Å². The van der Waals surface area contributed by atoms with E-state index in [1.165, 1.54) is 12.1 Å². The molecular formula is C12H11FINO2. The molecule has 2 aromatic rings. The molecule has 1 aromatic carbocycles. The summed E-state index contributed by atoms with van der Waals surface area (Å²) < 4.78 is 19.0. The van der Waals surface area contributed by atoms with Gasteiger partial charge >= 0.3 is 0 Å². The number of rotatable bonds is 4. The third kappa shape index (κ3) is 3.19. The molecule has 0 aliphatic carbocycles. The van der Waals surface area contributed by atoms with Crippen LogP contribution in [-0.4, -0.2) is 5.11 Å². The first-order valence-electron chi connectivity index (χ1n) is 5.06. The van der Waals surface area contributed by atoms with Crippen molar-refractivity contribution in [1.82, 2.24) is 0 Å². The SMILES string of the molecule is OCc1ccc(CNc2ccc(F)cc2I)o1. The van der Waals surface area contributed by atoms with E-state index in [1.807, 2.05) is 0 Å². The Bertz CT molecular complexity index is 513. The van der Waals surface area contributed by atoms with Gasteiger partial charge in [-0.1, -0.05) is 0 Å². The van der Waals surface area contributed by atoms with Crippen LogP contribution in [0.15, 0.2) is 34.7 Å². The maximum absolute atomic E-state index is 12.9. The molecule has 0 aliphatic rings. The molecule has 0 spiro atoms. The second-order valence-corrected chi connectivity index (χ2v) is 4.67. The predicted octanol–water partition coefficient (Wildman–Crippen LogP) is 3.13. The molecule has 17 heavy (non-hydrogen) atoms. The van der Waals surface area contributed by atoms with Gasteiger partial charge in [-0.25, -0.2) is 4.39 Å². The van der Waals surface area contributed by atoms with Gasteiger partial charge in [0, 0.05) is 9.26 Å². The molecule has 1 heterocycles. The average molecular weight is 347 g/mol. The van der Waals surface area contributed by atoms with E-state index in [1.54, 1.807) is 18.2 Å². The van der Waals surface area contributed by atoms with E-state index in [0.29, 0.717) is 12.3 Å². The molecule has 0 unspecified atom stereocenters. The zero-order valence-corrected chi connectivity index (χ0v) is 11.1. The topological polar surface area (TPSA) is 45.4 Å². The van der Waals surface area contributed by atoms with Crippen LogP contribution < -0.4 is 5.32 Å². The lowest BCUT2D eigenvalue weighted by atomic mass is 10.3. The summed E-state index contributed by atoms with van der Waals surface area (Å²) in [6, 6.07) is 8.09. The Morgan fingerprint density at radius 3 is 2.65 bits per heavy atom. The van der Waals surface area contributed by atoms with Crippen molar-refractivity contribution >= 4 is 28.3 Å². The third-order valence-corrected chi connectivity index (χ3v) is 3.15. The van der Waals surface area contributed by atoms with E-state index in [-0.39, 0.29) is 12.4 Å². The summed E-state index contributed by atoms with van der Waals surface area (Å²) in [6.45, 7) is 0.399. The molecule has 0 saturated carbocycles. The highest BCUT2D eigenvalue weighted by Crippen LogP contribution is 2.20. The van der Waals surface area contributed by atoms with Crippen LogP contribution in [0.4, 0.5) is 10.1 Å². The molecule has 5 heteroatoms. The Kier molecular flexibility index (Phi) is 4.01. The molecule has 0 radical (unpaired) electrons. The van der Waals surface area contributed by atoms with E-state index < -0.39 is 0 Å². The summed E-state index contributed by atoms with van der Waals surface area (Å²) >= 11 is 2.07. The van der Waals surface area contributed by atoms with Crippen LogP contribution in [0, 0.1) is 9.39 Å². The molecule has 1 aromatic heterocycles.